The van der Waals surface area contributed by atoms with Crippen molar-refractivity contribution in [2.24, 2.45) is 0 Å². The van der Waals surface area contributed by atoms with Crippen LogP contribution in [0, 0.1) is 0 Å². The van der Waals surface area contributed by atoms with Crippen LogP contribution < -0.4 is 0 Å². The molecule has 2 heteroatoms. The Bertz CT molecular complexity index is 281. The zero-order valence-corrected chi connectivity index (χ0v) is 10.6. The molecule has 2 radical (unpaired) electrons. The van der Waals surface area contributed by atoms with Gasteiger partial charge in [0.15, 0.2) is 0 Å². The summed E-state index contributed by atoms with van der Waals surface area (Å²) < 4.78 is 0. The van der Waals surface area contributed by atoms with E-state index < -0.39 is 0 Å². The average Bonchev–Trinajstić information content (AvgIpc) is 2.05. The first kappa shape index (κ1) is 9.29. The Balaban J connectivity index is 0.000000605. The van der Waals surface area contributed by atoms with Crippen LogP contribution in [0.3, 0.4) is 0 Å². The summed E-state index contributed by atoms with van der Waals surface area (Å²) in [7, 11) is 0. The van der Waals surface area contributed by atoms with E-state index in [0.29, 0.717) is 0 Å². The third-order valence-corrected chi connectivity index (χ3v) is 1.51. The van der Waals surface area contributed by atoms with Crippen LogP contribution >= 0.6 is 0 Å². The number of nitrogens with zero attached hydrogens (tertiary/aromatic N) is 1. The Morgan fingerprint density at radius 1 is 0.909 bits per heavy atom. The van der Waals surface area contributed by atoms with Crippen molar-refractivity contribution < 1.29 is 0 Å². The molecule has 11 heavy (non-hydrogen) atoms. The van der Waals surface area contributed by atoms with Gasteiger partial charge in [-0.1, -0.05) is 24.3 Å². The summed E-state index contributed by atoms with van der Waals surface area (Å²) in [6, 6.07) is 12.1. The first-order valence-electron chi connectivity index (χ1n) is 3.26. The van der Waals surface area contributed by atoms with Crippen molar-refractivity contribution in [1.29, 1.82) is 0 Å². The second kappa shape index (κ2) is 4.28. The van der Waals surface area contributed by atoms with Crippen LogP contribution in [0.25, 0.3) is 10.9 Å². The van der Waals surface area contributed by atoms with Gasteiger partial charge in [-0.15, -0.1) is 0 Å². The molecule has 0 spiro atoms. The molecule has 0 aliphatic heterocycles. The molecule has 0 saturated heterocycles. The maximum Gasteiger partial charge on any atom is 0.0701 e. The first-order valence-corrected chi connectivity index (χ1v) is 3.26. The van der Waals surface area contributed by atoms with Gasteiger partial charge < -0.3 is 0 Å². The second-order valence-corrected chi connectivity index (χ2v) is 2.20. The van der Waals surface area contributed by atoms with E-state index in [1.165, 1.54) is 5.39 Å². The minimum atomic E-state index is 0. The minimum absolute atomic E-state index is 0. The molecule has 0 bridgehead atoms. The molecule has 0 aliphatic carbocycles. The van der Waals surface area contributed by atoms with Crippen molar-refractivity contribution in [1.82, 2.24) is 4.98 Å². The number of benzene rings is 1. The number of aromatic nitrogens is 1. The molecule has 2 aromatic rings. The van der Waals surface area contributed by atoms with Crippen molar-refractivity contribution in [2.75, 3.05) is 0 Å². The molecule has 0 unspecified atom stereocenters. The fourth-order valence-corrected chi connectivity index (χ4v) is 1.02. The van der Waals surface area contributed by atoms with E-state index in [9.17, 15) is 0 Å². The molecule has 1 heterocycles. The van der Waals surface area contributed by atoms with Gasteiger partial charge in [0.05, 0.1) is 5.52 Å². The zero-order valence-electron chi connectivity index (χ0n) is 6.20. The number of rotatable bonds is 0. The van der Waals surface area contributed by atoms with Crippen molar-refractivity contribution in [3.8, 4) is 0 Å². The number of para-hydroxylation sites is 1. The molecule has 2 rings (SSSR count). The van der Waals surface area contributed by atoms with Crippen LogP contribution in [-0.4, -0.2) is 53.9 Å². The molecule has 0 saturated carbocycles. The zero-order chi connectivity index (χ0) is 6.81. The van der Waals surface area contributed by atoms with Gasteiger partial charge in [0.1, 0.15) is 0 Å². The fourth-order valence-electron chi connectivity index (χ4n) is 1.02. The van der Waals surface area contributed by atoms with Gasteiger partial charge in [0.25, 0.3) is 0 Å². The topological polar surface area (TPSA) is 12.9 Å². The summed E-state index contributed by atoms with van der Waals surface area (Å²) in [6.07, 6.45) is 1.81. The Labute approximate surface area is 106 Å². The van der Waals surface area contributed by atoms with Gasteiger partial charge in [-0.2, -0.15) is 0 Å². The molecule has 0 atom stereocenters. The van der Waals surface area contributed by atoms with Crippen LogP contribution in [0.5, 0.6) is 0 Å². The monoisotopic (exact) mass is 267 g/mol. The predicted molar refractivity (Wildman–Crippen MR) is 47.5 cm³/mol. The molecule has 1 nitrogen and oxygen atoms in total. The molecule has 0 aliphatic rings. The fraction of sp³-hybridized carbons (Fsp3) is 0. The summed E-state index contributed by atoms with van der Waals surface area (Å²) >= 11 is 0. The maximum absolute atomic E-state index is 4.18. The van der Waals surface area contributed by atoms with Gasteiger partial charge in [-0.3, -0.25) is 4.98 Å². The Hall–Kier alpha value is 0.201. The quantitative estimate of drug-likeness (QED) is 0.663. The third-order valence-electron chi connectivity index (χ3n) is 1.51. The Morgan fingerprint density at radius 3 is 2.45 bits per heavy atom. The van der Waals surface area contributed by atoms with E-state index in [-0.39, 0.29) is 48.9 Å². The van der Waals surface area contributed by atoms with Crippen LogP contribution in [-0.2, 0) is 0 Å². The van der Waals surface area contributed by atoms with Crippen LogP contribution in [0.1, 0.15) is 0 Å². The van der Waals surface area contributed by atoms with Crippen molar-refractivity contribution in [3.63, 3.8) is 0 Å². The Morgan fingerprint density at radius 2 is 1.64 bits per heavy atom. The molecule has 0 amide bonds. The largest absolute Gasteiger partial charge is 0.256 e. The van der Waals surface area contributed by atoms with Crippen molar-refractivity contribution in [3.05, 3.63) is 42.6 Å². The second-order valence-electron chi connectivity index (χ2n) is 2.20. The molecule has 0 N–H and O–H groups in total. The third kappa shape index (κ3) is 2.07. The minimum Gasteiger partial charge on any atom is -0.256 e. The van der Waals surface area contributed by atoms with Gasteiger partial charge in [-0.25, -0.2) is 0 Å². The van der Waals surface area contributed by atoms with E-state index in [0.717, 1.165) is 5.52 Å². The molecule has 1 aromatic carbocycles. The SMILES string of the molecule is [Ba].c1ccc2ncccc2c1. The van der Waals surface area contributed by atoms with Crippen LogP contribution in [0.15, 0.2) is 42.6 Å². The van der Waals surface area contributed by atoms with Crippen molar-refractivity contribution >= 4 is 59.8 Å². The molecular weight excluding hydrogens is 259 g/mol. The van der Waals surface area contributed by atoms with Crippen molar-refractivity contribution in [2.45, 2.75) is 0 Å². The van der Waals surface area contributed by atoms with E-state index in [4.69, 9.17) is 0 Å². The smallest absolute Gasteiger partial charge is 0.0701 e. The van der Waals surface area contributed by atoms with E-state index in [1.807, 2.05) is 30.5 Å². The first-order chi connectivity index (χ1) is 4.97. The van der Waals surface area contributed by atoms with E-state index >= 15 is 0 Å². The van der Waals surface area contributed by atoms with Gasteiger partial charge in [0, 0.05) is 60.5 Å². The normalized spacial score (nSPS) is 9.09. The molecular formula is C9H7BaN. The predicted octanol–water partition coefficient (Wildman–Crippen LogP) is 1.85. The van der Waals surface area contributed by atoms with Crippen LogP contribution in [0.4, 0.5) is 0 Å². The summed E-state index contributed by atoms with van der Waals surface area (Å²) in [5, 5.41) is 1.20. The molecule has 1 aromatic heterocycles. The van der Waals surface area contributed by atoms with Gasteiger partial charge in [0.2, 0.25) is 0 Å². The number of hydrogen-bond donors (Lipinski definition) is 0. The average molecular weight is 266 g/mol. The van der Waals surface area contributed by atoms with E-state index in [2.05, 4.69) is 17.1 Å². The van der Waals surface area contributed by atoms with Crippen LogP contribution in [0.2, 0.25) is 0 Å². The van der Waals surface area contributed by atoms with E-state index in [1.54, 1.807) is 0 Å². The maximum atomic E-state index is 4.18. The summed E-state index contributed by atoms with van der Waals surface area (Å²) in [6.45, 7) is 0. The number of fused-ring (bicyclic) bond motifs is 1. The Kier molecular flexibility index (Phi) is 3.62. The molecule has 50 valence electrons. The van der Waals surface area contributed by atoms with Gasteiger partial charge in [-0.05, 0) is 12.1 Å². The number of pyridine rings is 1. The van der Waals surface area contributed by atoms with Gasteiger partial charge >= 0.3 is 0 Å². The number of hydrogen-bond acceptors (Lipinski definition) is 1. The summed E-state index contributed by atoms with van der Waals surface area (Å²) in [5.41, 5.74) is 1.06. The summed E-state index contributed by atoms with van der Waals surface area (Å²) in [4.78, 5) is 4.18. The summed E-state index contributed by atoms with van der Waals surface area (Å²) in [5.74, 6) is 0. The standard InChI is InChI=1S/C9H7N.Ba/c1-2-6-9-8(4-1)5-3-7-10-9;/h1-7H;. The molecule has 0 fully saturated rings.